The molecule has 0 unspecified atom stereocenters. The third-order valence-electron chi connectivity index (χ3n) is 6.75. The van der Waals surface area contributed by atoms with Gasteiger partial charge in [0.2, 0.25) is 0 Å². The second kappa shape index (κ2) is 10.0. The number of pyridine rings is 1. The quantitative estimate of drug-likeness (QED) is 0.338. The van der Waals surface area contributed by atoms with Crippen LogP contribution in [0.2, 0.25) is 5.02 Å². The zero-order valence-electron chi connectivity index (χ0n) is 20.2. The van der Waals surface area contributed by atoms with E-state index in [0.717, 1.165) is 24.3 Å². The lowest BCUT2D eigenvalue weighted by atomic mass is 9.94. The molecule has 0 saturated carbocycles. The van der Waals surface area contributed by atoms with E-state index in [4.69, 9.17) is 25.8 Å². The molecule has 4 heterocycles. The van der Waals surface area contributed by atoms with E-state index in [0.29, 0.717) is 58.7 Å². The van der Waals surface area contributed by atoms with Crippen molar-refractivity contribution in [3.8, 4) is 22.8 Å². The highest BCUT2D eigenvalue weighted by atomic mass is 35.5. The Morgan fingerprint density at radius 1 is 1.36 bits per heavy atom. The summed E-state index contributed by atoms with van der Waals surface area (Å²) < 4.78 is 17.4. The van der Waals surface area contributed by atoms with Gasteiger partial charge in [0.25, 0.3) is 5.91 Å². The Balaban J connectivity index is 1.63. The van der Waals surface area contributed by atoms with Crippen LogP contribution in [0, 0.1) is 0 Å². The Hall–Kier alpha value is -3.27. The first-order chi connectivity index (χ1) is 17.4. The van der Waals surface area contributed by atoms with Gasteiger partial charge in [0, 0.05) is 42.9 Å². The van der Waals surface area contributed by atoms with Crippen LogP contribution in [0.1, 0.15) is 41.7 Å². The largest absolute Gasteiger partial charge is 0.493 e. The summed E-state index contributed by atoms with van der Waals surface area (Å²) in [5.74, 6) is 0.737. The summed E-state index contributed by atoms with van der Waals surface area (Å²) in [6.07, 6.45) is 4.76. The number of para-hydroxylation sites is 1. The molecule has 0 radical (unpaired) electrons. The van der Waals surface area contributed by atoms with E-state index in [-0.39, 0.29) is 24.0 Å². The molecule has 0 aliphatic carbocycles. The van der Waals surface area contributed by atoms with Crippen molar-refractivity contribution in [1.82, 2.24) is 15.3 Å². The maximum atomic E-state index is 13.1. The molecule has 2 aliphatic rings. The van der Waals surface area contributed by atoms with E-state index in [9.17, 15) is 9.90 Å². The topological polar surface area (TPSA) is 118 Å². The van der Waals surface area contributed by atoms with Gasteiger partial charge in [0.15, 0.2) is 5.75 Å². The fourth-order valence-electron chi connectivity index (χ4n) is 4.64. The Bertz CT molecular complexity index is 1270. The molecule has 2 aromatic heterocycles. The number of halogens is 1. The number of anilines is 2. The highest BCUT2D eigenvalue weighted by molar-refractivity contribution is 6.32. The minimum absolute atomic E-state index is 0.00140. The number of nitrogens with one attached hydrogen (secondary N) is 3. The lowest BCUT2D eigenvalue weighted by Crippen LogP contribution is -2.45. The van der Waals surface area contributed by atoms with Crippen LogP contribution in [0.15, 0.2) is 36.7 Å². The molecule has 190 valence electrons. The zero-order valence-corrected chi connectivity index (χ0v) is 20.9. The number of rotatable bonds is 9. The van der Waals surface area contributed by atoms with Gasteiger partial charge < -0.3 is 34.9 Å². The number of amides is 1. The molecule has 3 aromatic rings. The smallest absolute Gasteiger partial charge is 0.255 e. The first-order valence-electron chi connectivity index (χ1n) is 11.9. The van der Waals surface area contributed by atoms with Gasteiger partial charge in [-0.15, -0.1) is 0 Å². The number of hydrogen-bond donors (Lipinski definition) is 4. The predicted molar refractivity (Wildman–Crippen MR) is 137 cm³/mol. The monoisotopic (exact) mass is 512 g/mol. The van der Waals surface area contributed by atoms with Gasteiger partial charge in [0.1, 0.15) is 18.0 Å². The predicted octanol–water partition coefficient (Wildman–Crippen LogP) is 4.25. The molecule has 0 spiro atoms. The Kier molecular flexibility index (Phi) is 6.79. The number of fused-ring (bicyclic) bond motifs is 1. The SMILES string of the molecule is COc1c(Cl)cccc1Nc1c(-c2ccncc2OC[C@]2(C)CCO2)[nH]c2c1C(=O)NC[C@H]2CCO. The molecule has 36 heavy (non-hydrogen) atoms. The second-order valence-corrected chi connectivity index (χ2v) is 9.64. The first-order valence-corrected chi connectivity index (χ1v) is 12.3. The fourth-order valence-corrected chi connectivity index (χ4v) is 4.89. The van der Waals surface area contributed by atoms with Crippen LogP contribution >= 0.6 is 11.6 Å². The lowest BCUT2D eigenvalue weighted by Gasteiger charge is -2.38. The van der Waals surface area contributed by atoms with Crippen LogP contribution in [0.4, 0.5) is 11.4 Å². The summed E-state index contributed by atoms with van der Waals surface area (Å²) in [5.41, 5.74) is 3.48. The maximum absolute atomic E-state index is 13.1. The molecule has 9 nitrogen and oxygen atoms in total. The van der Waals surface area contributed by atoms with Gasteiger partial charge in [-0.25, -0.2) is 0 Å². The molecule has 2 aliphatic heterocycles. The number of H-pyrrole nitrogens is 1. The number of nitrogens with zero attached hydrogens (tertiary/aromatic N) is 1. The minimum Gasteiger partial charge on any atom is -0.493 e. The summed E-state index contributed by atoms with van der Waals surface area (Å²) in [4.78, 5) is 20.9. The van der Waals surface area contributed by atoms with E-state index in [1.54, 1.807) is 31.6 Å². The Morgan fingerprint density at radius 2 is 2.19 bits per heavy atom. The average molecular weight is 513 g/mol. The third kappa shape index (κ3) is 4.50. The lowest BCUT2D eigenvalue weighted by molar-refractivity contribution is -0.152. The minimum atomic E-state index is -0.330. The van der Waals surface area contributed by atoms with Gasteiger partial charge in [0.05, 0.1) is 47.6 Å². The van der Waals surface area contributed by atoms with Crippen LogP contribution in [-0.4, -0.2) is 60.1 Å². The summed E-state index contributed by atoms with van der Waals surface area (Å²) in [5, 5.41) is 16.4. The number of ether oxygens (including phenoxy) is 3. The van der Waals surface area contributed by atoms with Gasteiger partial charge in [-0.2, -0.15) is 0 Å². The van der Waals surface area contributed by atoms with E-state index in [1.165, 1.54) is 0 Å². The summed E-state index contributed by atoms with van der Waals surface area (Å²) in [7, 11) is 1.54. The van der Waals surface area contributed by atoms with Crippen molar-refractivity contribution in [1.29, 1.82) is 0 Å². The van der Waals surface area contributed by atoms with Crippen LogP contribution in [0.5, 0.6) is 11.5 Å². The molecule has 1 amide bonds. The van der Waals surface area contributed by atoms with Crippen molar-refractivity contribution in [2.45, 2.75) is 31.3 Å². The first kappa shape index (κ1) is 24.4. The second-order valence-electron chi connectivity index (χ2n) is 9.24. The summed E-state index contributed by atoms with van der Waals surface area (Å²) in [6, 6.07) is 7.22. The van der Waals surface area contributed by atoms with Crippen LogP contribution < -0.4 is 20.1 Å². The summed E-state index contributed by atoms with van der Waals surface area (Å²) in [6.45, 7) is 3.55. The standard InChI is InChI=1S/C26H29ClN4O5/c1-26(8-11-36-26)14-35-19-13-28-9-6-16(19)22-23(30-18-5-3-4-17(27)24(18)34-2)20-21(31-22)15(7-10-32)12-29-25(20)33/h3-6,9,13,15,30-32H,7-8,10-12,14H2,1-2H3,(H,29,33)/t15-,26+/m1/s1. The molecule has 5 rings (SSSR count). The van der Waals surface area contributed by atoms with Crippen molar-refractivity contribution in [2.75, 3.05) is 38.8 Å². The van der Waals surface area contributed by atoms with Crippen LogP contribution in [-0.2, 0) is 4.74 Å². The van der Waals surface area contributed by atoms with E-state index < -0.39 is 0 Å². The molecule has 1 fully saturated rings. The number of benzene rings is 1. The third-order valence-corrected chi connectivity index (χ3v) is 7.05. The van der Waals surface area contributed by atoms with Crippen molar-refractivity contribution >= 4 is 28.9 Å². The number of methoxy groups -OCH3 is 1. The van der Waals surface area contributed by atoms with Crippen LogP contribution in [0.25, 0.3) is 11.3 Å². The summed E-state index contributed by atoms with van der Waals surface area (Å²) >= 11 is 6.37. The average Bonchev–Trinajstić information content (AvgIpc) is 3.24. The number of hydrogen-bond acceptors (Lipinski definition) is 7. The van der Waals surface area contributed by atoms with Crippen molar-refractivity contribution in [2.24, 2.45) is 0 Å². The Morgan fingerprint density at radius 3 is 2.92 bits per heavy atom. The van der Waals surface area contributed by atoms with Gasteiger partial charge >= 0.3 is 0 Å². The number of aliphatic hydroxyl groups excluding tert-OH is 1. The zero-order chi connectivity index (χ0) is 25.3. The molecular weight excluding hydrogens is 484 g/mol. The highest BCUT2D eigenvalue weighted by Gasteiger charge is 2.36. The number of aromatic nitrogens is 2. The molecule has 0 bridgehead atoms. The molecule has 4 N–H and O–H groups in total. The van der Waals surface area contributed by atoms with Crippen LogP contribution in [0.3, 0.4) is 0 Å². The maximum Gasteiger partial charge on any atom is 0.255 e. The molecule has 1 aromatic carbocycles. The fraction of sp³-hybridized carbons (Fsp3) is 0.385. The van der Waals surface area contributed by atoms with E-state index in [1.807, 2.05) is 19.1 Å². The number of carbonyl (C=O) groups excluding carboxylic acids is 1. The van der Waals surface area contributed by atoms with Gasteiger partial charge in [-0.3, -0.25) is 9.78 Å². The number of carbonyl (C=O) groups is 1. The number of aromatic amines is 1. The van der Waals surface area contributed by atoms with Gasteiger partial charge in [-0.05, 0) is 31.5 Å². The number of aliphatic hydroxyl groups is 1. The van der Waals surface area contributed by atoms with Crippen molar-refractivity contribution in [3.05, 3.63) is 52.9 Å². The van der Waals surface area contributed by atoms with E-state index in [2.05, 4.69) is 20.6 Å². The Labute approximate surface area is 214 Å². The molecule has 10 heteroatoms. The highest BCUT2D eigenvalue weighted by Crippen LogP contribution is 2.45. The molecular formula is C26H29ClN4O5. The van der Waals surface area contributed by atoms with Crippen molar-refractivity contribution < 1.29 is 24.1 Å². The van der Waals surface area contributed by atoms with E-state index >= 15 is 0 Å². The molecule has 1 saturated heterocycles. The van der Waals surface area contributed by atoms with Gasteiger partial charge in [-0.1, -0.05) is 17.7 Å². The van der Waals surface area contributed by atoms with Crippen molar-refractivity contribution in [3.63, 3.8) is 0 Å². The normalized spacial score (nSPS) is 20.8. The molecule has 2 atom stereocenters.